The molecule has 9 heteroatoms. The SMILES string of the molecule is CCOc1cc(/C=C2\SC(=O)N(CCOc3ccc(Cl)cc3)C2=O)cc(I)c1OC. The molecule has 30 heavy (non-hydrogen) atoms. The third-order valence-electron chi connectivity index (χ3n) is 4.10. The van der Waals surface area contributed by atoms with E-state index in [4.69, 9.17) is 25.8 Å². The number of hydrogen-bond acceptors (Lipinski definition) is 6. The van der Waals surface area contributed by atoms with Crippen molar-refractivity contribution < 1.29 is 23.8 Å². The van der Waals surface area contributed by atoms with Gasteiger partial charge in [0.15, 0.2) is 11.5 Å². The van der Waals surface area contributed by atoms with Crippen LogP contribution in [0.5, 0.6) is 17.2 Å². The van der Waals surface area contributed by atoms with Crippen LogP contribution in [0.4, 0.5) is 4.79 Å². The molecule has 2 aromatic rings. The van der Waals surface area contributed by atoms with E-state index in [-0.39, 0.29) is 24.3 Å². The molecule has 1 fully saturated rings. The number of benzene rings is 2. The summed E-state index contributed by atoms with van der Waals surface area (Å²) in [4.78, 5) is 26.6. The summed E-state index contributed by atoms with van der Waals surface area (Å²) >= 11 is 8.91. The summed E-state index contributed by atoms with van der Waals surface area (Å²) in [6.45, 7) is 2.73. The van der Waals surface area contributed by atoms with Crippen LogP contribution in [0.1, 0.15) is 12.5 Å². The van der Waals surface area contributed by atoms with E-state index < -0.39 is 0 Å². The van der Waals surface area contributed by atoms with Crippen molar-refractivity contribution in [1.29, 1.82) is 0 Å². The molecule has 0 radical (unpaired) electrons. The highest BCUT2D eigenvalue weighted by atomic mass is 127. The van der Waals surface area contributed by atoms with E-state index in [2.05, 4.69) is 22.6 Å². The van der Waals surface area contributed by atoms with E-state index in [0.717, 1.165) is 20.9 Å². The number of ether oxygens (including phenoxy) is 3. The van der Waals surface area contributed by atoms with Gasteiger partial charge in [-0.25, -0.2) is 0 Å². The highest BCUT2D eigenvalue weighted by Gasteiger charge is 2.34. The number of rotatable bonds is 8. The maximum Gasteiger partial charge on any atom is 0.293 e. The lowest BCUT2D eigenvalue weighted by Gasteiger charge is -2.13. The Bertz CT molecular complexity index is 980. The fourth-order valence-corrected chi connectivity index (χ4v) is 4.60. The van der Waals surface area contributed by atoms with Crippen molar-refractivity contribution >= 4 is 63.2 Å². The van der Waals surface area contributed by atoms with Gasteiger partial charge < -0.3 is 14.2 Å². The van der Waals surface area contributed by atoms with Crippen molar-refractivity contribution in [3.63, 3.8) is 0 Å². The van der Waals surface area contributed by atoms with Crippen LogP contribution in [0.25, 0.3) is 6.08 Å². The van der Waals surface area contributed by atoms with Gasteiger partial charge in [0, 0.05) is 5.02 Å². The molecular formula is C21H19ClINO5S. The predicted molar refractivity (Wildman–Crippen MR) is 127 cm³/mol. The van der Waals surface area contributed by atoms with Crippen molar-refractivity contribution in [2.75, 3.05) is 26.9 Å². The molecule has 1 heterocycles. The molecular weight excluding hydrogens is 541 g/mol. The highest BCUT2D eigenvalue weighted by Crippen LogP contribution is 2.37. The summed E-state index contributed by atoms with van der Waals surface area (Å²) < 4.78 is 17.5. The largest absolute Gasteiger partial charge is 0.492 e. The summed E-state index contributed by atoms with van der Waals surface area (Å²) in [5, 5.41) is 0.290. The number of thioether (sulfide) groups is 1. The number of imide groups is 1. The molecule has 1 aliphatic heterocycles. The lowest BCUT2D eigenvalue weighted by atomic mass is 10.2. The van der Waals surface area contributed by atoms with Gasteiger partial charge in [-0.05, 0) is 89.3 Å². The van der Waals surface area contributed by atoms with Crippen LogP contribution >= 0.6 is 46.0 Å². The summed E-state index contributed by atoms with van der Waals surface area (Å²) in [7, 11) is 1.58. The average Bonchev–Trinajstić information content (AvgIpc) is 2.97. The standard InChI is InChI=1S/C21H19ClINO5S/c1-3-28-17-11-13(10-16(23)19(17)27-2)12-18-20(25)24(21(26)30-18)8-9-29-15-6-4-14(22)5-7-15/h4-7,10-12H,3,8-9H2,1-2H3/b18-12-. The molecule has 0 bridgehead atoms. The van der Waals surface area contributed by atoms with E-state index >= 15 is 0 Å². The number of nitrogens with zero attached hydrogens (tertiary/aromatic N) is 1. The minimum absolute atomic E-state index is 0.162. The third-order valence-corrected chi connectivity index (χ3v) is 6.07. The molecule has 2 aromatic carbocycles. The highest BCUT2D eigenvalue weighted by molar-refractivity contribution is 14.1. The van der Waals surface area contributed by atoms with Gasteiger partial charge in [-0.15, -0.1) is 0 Å². The number of hydrogen-bond donors (Lipinski definition) is 0. The molecule has 3 rings (SSSR count). The Morgan fingerprint density at radius 1 is 1.17 bits per heavy atom. The molecule has 6 nitrogen and oxygen atoms in total. The molecule has 1 saturated heterocycles. The van der Waals surface area contributed by atoms with Gasteiger partial charge in [-0.2, -0.15) is 0 Å². The van der Waals surface area contributed by atoms with Crippen molar-refractivity contribution in [1.82, 2.24) is 4.90 Å². The molecule has 0 unspecified atom stereocenters. The predicted octanol–water partition coefficient (Wildman–Crippen LogP) is 5.47. The van der Waals surface area contributed by atoms with Gasteiger partial charge >= 0.3 is 0 Å². The van der Waals surface area contributed by atoms with Gasteiger partial charge in [-0.3, -0.25) is 14.5 Å². The fourth-order valence-electron chi connectivity index (χ4n) is 2.76. The third kappa shape index (κ3) is 5.41. The van der Waals surface area contributed by atoms with E-state index in [1.807, 2.05) is 13.0 Å². The zero-order valence-electron chi connectivity index (χ0n) is 16.3. The Hall–Kier alpha value is -1.91. The van der Waals surface area contributed by atoms with E-state index in [9.17, 15) is 9.59 Å². The number of methoxy groups -OCH3 is 1. The Morgan fingerprint density at radius 2 is 1.90 bits per heavy atom. The number of amides is 2. The van der Waals surface area contributed by atoms with E-state index in [0.29, 0.717) is 33.8 Å². The summed E-state index contributed by atoms with van der Waals surface area (Å²) in [5.41, 5.74) is 0.756. The minimum atomic E-state index is -0.339. The van der Waals surface area contributed by atoms with Crippen LogP contribution in [0, 0.1) is 3.57 Å². The quantitative estimate of drug-likeness (QED) is 0.316. The maximum absolute atomic E-state index is 12.7. The van der Waals surface area contributed by atoms with Crippen LogP contribution in [-0.2, 0) is 4.79 Å². The summed E-state index contributed by atoms with van der Waals surface area (Å²) in [6.07, 6.45) is 1.69. The fraction of sp³-hybridized carbons (Fsp3) is 0.238. The lowest BCUT2D eigenvalue weighted by molar-refractivity contribution is -0.123. The molecule has 0 N–H and O–H groups in total. The molecule has 1 aliphatic rings. The second-order valence-corrected chi connectivity index (χ2v) is 8.69. The van der Waals surface area contributed by atoms with Crippen LogP contribution in [0.3, 0.4) is 0 Å². The first-order chi connectivity index (χ1) is 14.4. The Balaban J connectivity index is 1.70. The zero-order chi connectivity index (χ0) is 21.7. The molecule has 158 valence electrons. The molecule has 0 saturated carbocycles. The monoisotopic (exact) mass is 559 g/mol. The number of carbonyl (C=O) groups excluding carboxylic acids is 2. The minimum Gasteiger partial charge on any atom is -0.492 e. The first kappa shape index (κ1) is 22.8. The van der Waals surface area contributed by atoms with Gasteiger partial charge in [0.05, 0.1) is 28.7 Å². The van der Waals surface area contributed by atoms with Crippen LogP contribution in [0.15, 0.2) is 41.3 Å². The second-order valence-electron chi connectivity index (χ2n) is 6.10. The maximum atomic E-state index is 12.7. The van der Waals surface area contributed by atoms with Gasteiger partial charge in [0.1, 0.15) is 12.4 Å². The van der Waals surface area contributed by atoms with E-state index in [1.165, 1.54) is 4.90 Å². The smallest absolute Gasteiger partial charge is 0.293 e. The first-order valence-electron chi connectivity index (χ1n) is 9.07. The zero-order valence-corrected chi connectivity index (χ0v) is 20.0. The molecule has 2 amide bonds. The van der Waals surface area contributed by atoms with Crippen molar-refractivity contribution in [3.05, 3.63) is 55.5 Å². The van der Waals surface area contributed by atoms with Crippen molar-refractivity contribution in [2.45, 2.75) is 6.92 Å². The molecule has 0 aliphatic carbocycles. The Kier molecular flexibility index (Phi) is 7.90. The first-order valence-corrected chi connectivity index (χ1v) is 11.3. The summed E-state index contributed by atoms with van der Waals surface area (Å²) in [5.74, 6) is 1.52. The molecule has 0 atom stereocenters. The van der Waals surface area contributed by atoms with Gasteiger partial charge in [0.2, 0.25) is 0 Å². The van der Waals surface area contributed by atoms with Crippen LogP contribution < -0.4 is 14.2 Å². The van der Waals surface area contributed by atoms with Gasteiger partial charge in [0.25, 0.3) is 11.1 Å². The summed E-state index contributed by atoms with van der Waals surface area (Å²) in [6, 6.07) is 10.6. The second kappa shape index (κ2) is 10.4. The van der Waals surface area contributed by atoms with Crippen molar-refractivity contribution in [2.24, 2.45) is 0 Å². The molecule has 0 aromatic heterocycles. The Labute approximate surface area is 197 Å². The number of carbonyl (C=O) groups is 2. The average molecular weight is 560 g/mol. The van der Waals surface area contributed by atoms with Gasteiger partial charge in [-0.1, -0.05) is 11.6 Å². The van der Waals surface area contributed by atoms with Crippen molar-refractivity contribution in [3.8, 4) is 17.2 Å². The number of halogens is 2. The Morgan fingerprint density at radius 3 is 2.57 bits per heavy atom. The van der Waals surface area contributed by atoms with Crippen LogP contribution in [0.2, 0.25) is 5.02 Å². The lowest BCUT2D eigenvalue weighted by Crippen LogP contribution is -2.32. The van der Waals surface area contributed by atoms with E-state index in [1.54, 1.807) is 43.5 Å². The normalized spacial score (nSPS) is 15.1. The molecule has 0 spiro atoms. The topological polar surface area (TPSA) is 65.1 Å². The van der Waals surface area contributed by atoms with Crippen LogP contribution in [-0.4, -0.2) is 42.9 Å².